The Morgan fingerprint density at radius 3 is 2.19 bits per heavy atom. The van der Waals surface area contributed by atoms with Crippen LogP contribution in [-0.2, 0) is 5.41 Å². The maximum Gasteiger partial charge on any atom is 0.138 e. The van der Waals surface area contributed by atoms with Gasteiger partial charge in [0.25, 0.3) is 0 Å². The molecule has 5 nitrogen and oxygen atoms in total. The average Bonchev–Trinajstić information content (AvgIpc) is 2.36. The second-order valence-corrected chi connectivity index (χ2v) is 7.52. The summed E-state index contributed by atoms with van der Waals surface area (Å²) in [4.78, 5) is 9.21. The van der Waals surface area contributed by atoms with Crippen LogP contribution >= 0.6 is 11.8 Å². The predicted octanol–water partition coefficient (Wildman–Crippen LogP) is 2.65. The van der Waals surface area contributed by atoms with Crippen LogP contribution in [0.5, 0.6) is 0 Å². The van der Waals surface area contributed by atoms with Crippen molar-refractivity contribution in [3.8, 4) is 0 Å². The van der Waals surface area contributed by atoms with Crippen LogP contribution < -0.4 is 10.6 Å². The molecule has 0 aliphatic rings. The molecule has 1 atom stereocenters. The predicted molar refractivity (Wildman–Crippen MR) is 92.5 cm³/mol. The Morgan fingerprint density at radius 1 is 1.14 bits per heavy atom. The van der Waals surface area contributed by atoms with Gasteiger partial charge in [-0.15, -0.1) is 0 Å². The molecule has 1 aromatic heterocycles. The monoisotopic (exact) mass is 312 g/mol. The van der Waals surface area contributed by atoms with E-state index in [1.165, 1.54) is 0 Å². The fraction of sp³-hybridized carbons (Fsp3) is 0.733. The standard InChI is InChI=1S/C15H28N4OS/c1-10-11(16-6)18-13(14(2,3)4)19-12(10)17-8-15(5,20)9-21-7/h20H,8-9H2,1-7H3,(H2,16,17,18,19). The molecular weight excluding hydrogens is 284 g/mol. The van der Waals surface area contributed by atoms with E-state index in [-0.39, 0.29) is 5.41 Å². The van der Waals surface area contributed by atoms with Crippen LogP contribution in [-0.4, -0.2) is 46.3 Å². The van der Waals surface area contributed by atoms with Gasteiger partial charge in [0.15, 0.2) is 0 Å². The van der Waals surface area contributed by atoms with Gasteiger partial charge in [0, 0.05) is 30.3 Å². The second kappa shape index (κ2) is 6.83. The molecule has 3 N–H and O–H groups in total. The summed E-state index contributed by atoms with van der Waals surface area (Å²) in [6.45, 7) is 10.5. The highest BCUT2D eigenvalue weighted by Crippen LogP contribution is 2.26. The fourth-order valence-electron chi connectivity index (χ4n) is 1.90. The van der Waals surface area contributed by atoms with Gasteiger partial charge in [-0.1, -0.05) is 20.8 Å². The number of aromatic nitrogens is 2. The van der Waals surface area contributed by atoms with Crippen LogP contribution in [0.3, 0.4) is 0 Å². The Balaban J connectivity index is 3.06. The summed E-state index contributed by atoms with van der Waals surface area (Å²) >= 11 is 1.63. The van der Waals surface area contributed by atoms with E-state index in [4.69, 9.17) is 0 Å². The van der Waals surface area contributed by atoms with Crippen LogP contribution in [0.25, 0.3) is 0 Å². The molecule has 1 unspecified atom stereocenters. The molecule has 0 saturated heterocycles. The first kappa shape index (κ1) is 18.0. The van der Waals surface area contributed by atoms with Gasteiger partial charge in [-0.25, -0.2) is 9.97 Å². The SMILES string of the molecule is CNc1nc(C(C)(C)C)nc(NCC(C)(O)CSC)c1C. The zero-order chi connectivity index (χ0) is 16.3. The van der Waals surface area contributed by atoms with Gasteiger partial charge in [-0.05, 0) is 20.1 Å². The molecule has 0 aliphatic carbocycles. The van der Waals surface area contributed by atoms with Gasteiger partial charge >= 0.3 is 0 Å². The molecule has 21 heavy (non-hydrogen) atoms. The molecule has 1 rings (SSSR count). The highest BCUT2D eigenvalue weighted by atomic mass is 32.2. The van der Waals surface area contributed by atoms with Crippen molar-refractivity contribution in [2.24, 2.45) is 0 Å². The minimum Gasteiger partial charge on any atom is -0.387 e. The normalized spacial score (nSPS) is 14.7. The summed E-state index contributed by atoms with van der Waals surface area (Å²) in [5, 5.41) is 16.7. The number of hydrogen-bond donors (Lipinski definition) is 3. The van der Waals surface area contributed by atoms with Gasteiger partial charge in [-0.2, -0.15) is 11.8 Å². The van der Waals surface area contributed by atoms with Crippen molar-refractivity contribution in [1.29, 1.82) is 0 Å². The van der Waals surface area contributed by atoms with E-state index in [0.717, 1.165) is 23.0 Å². The molecule has 1 heterocycles. The van der Waals surface area contributed by atoms with Gasteiger partial charge < -0.3 is 15.7 Å². The third kappa shape index (κ3) is 5.04. The second-order valence-electron chi connectivity index (χ2n) is 6.65. The first-order valence-corrected chi connectivity index (χ1v) is 8.52. The zero-order valence-electron chi connectivity index (χ0n) is 14.2. The van der Waals surface area contributed by atoms with Gasteiger partial charge in [0.05, 0.1) is 5.60 Å². The van der Waals surface area contributed by atoms with Crippen LogP contribution in [0.2, 0.25) is 0 Å². The Labute approximate surface area is 132 Å². The van der Waals surface area contributed by atoms with Crippen LogP contribution in [0.15, 0.2) is 0 Å². The zero-order valence-corrected chi connectivity index (χ0v) is 15.0. The Hall–Kier alpha value is -1.01. The third-order valence-corrected chi connectivity index (χ3v) is 4.06. The molecule has 0 saturated carbocycles. The van der Waals surface area contributed by atoms with E-state index in [1.54, 1.807) is 11.8 Å². The number of aliphatic hydroxyl groups is 1. The first-order valence-electron chi connectivity index (χ1n) is 7.13. The minimum absolute atomic E-state index is 0.127. The molecule has 0 fully saturated rings. The van der Waals surface area contributed by atoms with Crippen molar-refractivity contribution in [2.45, 2.75) is 45.6 Å². The van der Waals surface area contributed by atoms with Crippen molar-refractivity contribution < 1.29 is 5.11 Å². The number of anilines is 2. The minimum atomic E-state index is -0.765. The molecular formula is C15H28N4OS. The van der Waals surface area contributed by atoms with Crippen molar-refractivity contribution in [1.82, 2.24) is 9.97 Å². The number of thioether (sulfide) groups is 1. The maximum absolute atomic E-state index is 10.3. The summed E-state index contributed by atoms with van der Waals surface area (Å²) in [5.74, 6) is 3.06. The number of nitrogens with zero attached hydrogens (tertiary/aromatic N) is 2. The van der Waals surface area contributed by atoms with E-state index in [0.29, 0.717) is 12.3 Å². The largest absolute Gasteiger partial charge is 0.387 e. The smallest absolute Gasteiger partial charge is 0.138 e. The van der Waals surface area contributed by atoms with Crippen molar-refractivity contribution in [3.63, 3.8) is 0 Å². The molecule has 0 radical (unpaired) electrons. The van der Waals surface area contributed by atoms with Crippen molar-refractivity contribution >= 4 is 23.4 Å². The summed E-state index contributed by atoms with van der Waals surface area (Å²) < 4.78 is 0. The average molecular weight is 312 g/mol. The first-order chi connectivity index (χ1) is 9.60. The van der Waals surface area contributed by atoms with Crippen LogP contribution in [0.4, 0.5) is 11.6 Å². The highest BCUT2D eigenvalue weighted by molar-refractivity contribution is 7.98. The number of nitrogens with one attached hydrogen (secondary N) is 2. The molecule has 0 spiro atoms. The fourth-order valence-corrected chi connectivity index (χ4v) is 2.63. The van der Waals surface area contributed by atoms with Crippen molar-refractivity contribution in [3.05, 3.63) is 11.4 Å². The maximum atomic E-state index is 10.3. The van der Waals surface area contributed by atoms with Crippen LogP contribution in [0.1, 0.15) is 39.1 Å². The molecule has 0 aromatic carbocycles. The molecule has 1 aromatic rings. The van der Waals surface area contributed by atoms with E-state index in [1.807, 2.05) is 27.2 Å². The van der Waals surface area contributed by atoms with Gasteiger partial charge in [-0.3, -0.25) is 0 Å². The van der Waals surface area contributed by atoms with E-state index in [2.05, 4.69) is 41.4 Å². The van der Waals surface area contributed by atoms with Crippen LogP contribution in [0, 0.1) is 6.92 Å². The van der Waals surface area contributed by atoms with Crippen molar-refractivity contribution in [2.75, 3.05) is 36.2 Å². The quantitative estimate of drug-likeness (QED) is 0.750. The summed E-state index contributed by atoms with van der Waals surface area (Å²) in [7, 11) is 1.86. The Morgan fingerprint density at radius 2 is 1.71 bits per heavy atom. The lowest BCUT2D eigenvalue weighted by molar-refractivity contribution is 0.0996. The third-order valence-electron chi connectivity index (χ3n) is 3.15. The number of hydrogen-bond acceptors (Lipinski definition) is 6. The van der Waals surface area contributed by atoms with E-state index >= 15 is 0 Å². The van der Waals surface area contributed by atoms with Gasteiger partial charge in [0.1, 0.15) is 17.5 Å². The summed E-state index contributed by atoms with van der Waals surface area (Å²) in [6.07, 6.45) is 1.99. The summed E-state index contributed by atoms with van der Waals surface area (Å²) in [5.41, 5.74) is 0.0706. The molecule has 0 bridgehead atoms. The Bertz CT molecular complexity index is 483. The molecule has 6 heteroatoms. The topological polar surface area (TPSA) is 70.1 Å². The van der Waals surface area contributed by atoms with Gasteiger partial charge in [0.2, 0.25) is 0 Å². The van der Waals surface area contributed by atoms with E-state index < -0.39 is 5.60 Å². The molecule has 0 amide bonds. The lowest BCUT2D eigenvalue weighted by Gasteiger charge is -2.25. The molecule has 0 aliphatic heterocycles. The summed E-state index contributed by atoms with van der Waals surface area (Å²) in [6, 6.07) is 0. The van der Waals surface area contributed by atoms with E-state index in [9.17, 15) is 5.11 Å². The lowest BCUT2D eigenvalue weighted by atomic mass is 9.95. The molecule has 120 valence electrons. The number of rotatable bonds is 6. The Kier molecular flexibility index (Phi) is 5.87. The lowest BCUT2D eigenvalue weighted by Crippen LogP contribution is -2.36. The highest BCUT2D eigenvalue weighted by Gasteiger charge is 2.23.